The van der Waals surface area contributed by atoms with Crippen molar-refractivity contribution < 1.29 is 19.0 Å². The highest BCUT2D eigenvalue weighted by molar-refractivity contribution is 5.78. The molecule has 1 atom stereocenters. The third-order valence-electron chi connectivity index (χ3n) is 6.36. The van der Waals surface area contributed by atoms with E-state index in [0.29, 0.717) is 30.5 Å². The number of carbonyl (C=O) groups excluding carboxylic acids is 1. The van der Waals surface area contributed by atoms with Gasteiger partial charge in [-0.1, -0.05) is 12.1 Å². The second-order valence-corrected chi connectivity index (χ2v) is 8.74. The molecule has 1 N–H and O–H groups in total. The zero-order chi connectivity index (χ0) is 24.0. The summed E-state index contributed by atoms with van der Waals surface area (Å²) in [6, 6.07) is 11.3. The van der Waals surface area contributed by atoms with E-state index in [1.165, 1.54) is 0 Å². The summed E-state index contributed by atoms with van der Waals surface area (Å²) >= 11 is 0. The average Bonchev–Trinajstić information content (AvgIpc) is 2.92. The van der Waals surface area contributed by atoms with Crippen molar-refractivity contribution in [3.63, 3.8) is 0 Å². The van der Waals surface area contributed by atoms with Gasteiger partial charge in [0.15, 0.2) is 11.5 Å². The van der Waals surface area contributed by atoms with Crippen molar-refractivity contribution in [1.82, 2.24) is 25.2 Å². The summed E-state index contributed by atoms with van der Waals surface area (Å²) in [6.45, 7) is 3.25. The number of nitrogens with zero attached hydrogens (tertiary/aromatic N) is 4. The van der Waals surface area contributed by atoms with E-state index in [1.807, 2.05) is 30.3 Å². The lowest BCUT2D eigenvalue weighted by Gasteiger charge is -2.32. The summed E-state index contributed by atoms with van der Waals surface area (Å²) in [5, 5.41) is 3.07. The largest absolute Gasteiger partial charge is 0.486 e. The molecule has 0 saturated carbocycles. The smallest absolute Gasteiger partial charge is 0.223 e. The summed E-state index contributed by atoms with van der Waals surface area (Å²) < 4.78 is 17.5. The molecule has 1 amide bonds. The molecule has 2 aliphatic heterocycles. The summed E-state index contributed by atoms with van der Waals surface area (Å²) in [5.41, 5.74) is 2.52. The Morgan fingerprint density at radius 3 is 2.83 bits per heavy atom. The fourth-order valence-corrected chi connectivity index (χ4v) is 4.47. The first-order chi connectivity index (χ1) is 17.2. The van der Waals surface area contributed by atoms with Gasteiger partial charge in [-0.25, -0.2) is 4.98 Å². The molecule has 0 bridgehead atoms. The molecule has 0 spiro atoms. The number of methoxy groups -OCH3 is 1. The topological polar surface area (TPSA) is 98.7 Å². The van der Waals surface area contributed by atoms with E-state index in [2.05, 4.69) is 25.2 Å². The van der Waals surface area contributed by atoms with E-state index < -0.39 is 0 Å². The normalized spacial score (nSPS) is 18.1. The highest BCUT2D eigenvalue weighted by Crippen LogP contribution is 2.40. The zero-order valence-corrected chi connectivity index (χ0v) is 19.7. The van der Waals surface area contributed by atoms with E-state index in [1.54, 1.807) is 31.8 Å². The number of para-hydroxylation sites is 1. The fourth-order valence-electron chi connectivity index (χ4n) is 4.47. The van der Waals surface area contributed by atoms with E-state index in [9.17, 15) is 4.79 Å². The lowest BCUT2D eigenvalue weighted by atomic mass is 9.95. The van der Waals surface area contributed by atoms with Crippen molar-refractivity contribution in [2.75, 3.05) is 33.4 Å². The van der Waals surface area contributed by atoms with Gasteiger partial charge < -0.3 is 19.5 Å². The molecule has 1 saturated heterocycles. The van der Waals surface area contributed by atoms with Crippen LogP contribution in [0.4, 0.5) is 0 Å². The monoisotopic (exact) mass is 475 g/mol. The van der Waals surface area contributed by atoms with Gasteiger partial charge in [0.1, 0.15) is 12.7 Å². The number of hydrogen-bond acceptors (Lipinski definition) is 8. The van der Waals surface area contributed by atoms with Crippen LogP contribution in [0.15, 0.2) is 55.0 Å². The molecule has 9 heteroatoms. The molecule has 0 aliphatic carbocycles. The molecule has 35 heavy (non-hydrogen) atoms. The molecule has 0 radical (unpaired) electrons. The predicted molar refractivity (Wildman–Crippen MR) is 129 cm³/mol. The molecule has 4 heterocycles. The molecule has 5 rings (SSSR count). The Morgan fingerprint density at radius 2 is 2.03 bits per heavy atom. The standard InChI is InChI=1S/C26H29N5O4/c1-33-24-7-3-5-22(30-24)21-4-2-6-23-25(21)35-20(17-34-23)15-29-26(32)18-8-12-31(13-9-18)16-19-14-27-10-11-28-19/h2-7,10-11,14,18,20H,8-9,12-13,15-17H2,1H3,(H,29,32)/t20-/m1/s1. The van der Waals surface area contributed by atoms with E-state index >= 15 is 0 Å². The number of ether oxygens (including phenoxy) is 3. The second kappa shape index (κ2) is 10.7. The number of amides is 1. The highest BCUT2D eigenvalue weighted by Gasteiger charge is 2.28. The fraction of sp³-hybridized carbons (Fsp3) is 0.385. The maximum atomic E-state index is 12.8. The van der Waals surface area contributed by atoms with Gasteiger partial charge in [0.2, 0.25) is 11.8 Å². The Bertz CT molecular complexity index is 1150. The van der Waals surface area contributed by atoms with E-state index in [-0.39, 0.29) is 17.9 Å². The SMILES string of the molecule is COc1cccc(-c2cccc3c2O[C@H](CNC(=O)C2CCN(Cc4cnccn4)CC2)CO3)n1. The van der Waals surface area contributed by atoms with Crippen LogP contribution >= 0.6 is 0 Å². The number of benzene rings is 1. The first-order valence-electron chi connectivity index (χ1n) is 11.9. The van der Waals surface area contributed by atoms with Crippen LogP contribution in [0.5, 0.6) is 17.4 Å². The van der Waals surface area contributed by atoms with Crippen LogP contribution in [0.1, 0.15) is 18.5 Å². The van der Waals surface area contributed by atoms with Crippen LogP contribution in [0.3, 0.4) is 0 Å². The molecular weight excluding hydrogens is 446 g/mol. The van der Waals surface area contributed by atoms with Gasteiger partial charge >= 0.3 is 0 Å². The Morgan fingerprint density at radius 1 is 1.17 bits per heavy atom. The first kappa shape index (κ1) is 23.0. The Kier molecular flexibility index (Phi) is 7.04. The van der Waals surface area contributed by atoms with E-state index in [4.69, 9.17) is 14.2 Å². The molecule has 1 aromatic carbocycles. The number of pyridine rings is 1. The van der Waals surface area contributed by atoms with Crippen LogP contribution in [-0.4, -0.2) is 65.2 Å². The zero-order valence-electron chi connectivity index (χ0n) is 19.7. The van der Waals surface area contributed by atoms with Crippen molar-refractivity contribution in [2.24, 2.45) is 5.92 Å². The highest BCUT2D eigenvalue weighted by atomic mass is 16.6. The Hall–Kier alpha value is -3.72. The first-order valence-corrected chi connectivity index (χ1v) is 11.9. The van der Waals surface area contributed by atoms with Crippen molar-refractivity contribution in [3.8, 4) is 28.6 Å². The minimum Gasteiger partial charge on any atom is -0.486 e. The summed E-state index contributed by atoms with van der Waals surface area (Å²) in [4.78, 5) is 28.1. The minimum atomic E-state index is -0.282. The van der Waals surface area contributed by atoms with Crippen LogP contribution in [-0.2, 0) is 11.3 Å². The maximum Gasteiger partial charge on any atom is 0.223 e. The van der Waals surface area contributed by atoms with Gasteiger partial charge in [0.25, 0.3) is 0 Å². The van der Waals surface area contributed by atoms with Crippen molar-refractivity contribution in [3.05, 3.63) is 60.7 Å². The molecule has 2 aromatic heterocycles. The number of aromatic nitrogens is 3. The molecule has 9 nitrogen and oxygen atoms in total. The number of nitrogens with one attached hydrogen (secondary N) is 1. The number of likely N-dealkylation sites (tertiary alicyclic amines) is 1. The minimum absolute atomic E-state index is 0.00134. The average molecular weight is 476 g/mol. The predicted octanol–water partition coefficient (Wildman–Crippen LogP) is 2.72. The molecule has 0 unspecified atom stereocenters. The molecule has 2 aliphatic rings. The van der Waals surface area contributed by atoms with Crippen molar-refractivity contribution >= 4 is 5.91 Å². The van der Waals surface area contributed by atoms with Crippen LogP contribution in [0.25, 0.3) is 11.3 Å². The quantitative estimate of drug-likeness (QED) is 0.557. The summed E-state index contributed by atoms with van der Waals surface area (Å²) in [7, 11) is 1.59. The number of piperidine rings is 1. The lowest BCUT2D eigenvalue weighted by Crippen LogP contribution is -2.45. The third-order valence-corrected chi connectivity index (χ3v) is 6.36. The van der Waals surface area contributed by atoms with Gasteiger partial charge in [-0.2, -0.15) is 0 Å². The van der Waals surface area contributed by atoms with Crippen molar-refractivity contribution in [1.29, 1.82) is 0 Å². The van der Waals surface area contributed by atoms with Crippen molar-refractivity contribution in [2.45, 2.75) is 25.5 Å². The van der Waals surface area contributed by atoms with Gasteiger partial charge in [0, 0.05) is 42.7 Å². The molecular formula is C26H29N5O4. The molecule has 1 fully saturated rings. The maximum absolute atomic E-state index is 12.8. The second-order valence-electron chi connectivity index (χ2n) is 8.74. The summed E-state index contributed by atoms with van der Waals surface area (Å²) in [6.07, 6.45) is 6.54. The summed E-state index contributed by atoms with van der Waals surface area (Å²) in [5.74, 6) is 1.91. The molecule has 182 valence electrons. The van der Waals surface area contributed by atoms with Crippen LogP contribution < -0.4 is 19.5 Å². The number of hydrogen-bond donors (Lipinski definition) is 1. The number of fused-ring (bicyclic) bond motifs is 1. The van der Waals surface area contributed by atoms with Gasteiger partial charge in [-0.15, -0.1) is 0 Å². The van der Waals surface area contributed by atoms with Crippen LogP contribution in [0, 0.1) is 5.92 Å². The lowest BCUT2D eigenvalue weighted by molar-refractivity contribution is -0.127. The van der Waals surface area contributed by atoms with Gasteiger partial charge in [-0.3, -0.25) is 19.7 Å². The number of rotatable bonds is 7. The van der Waals surface area contributed by atoms with Crippen LogP contribution in [0.2, 0.25) is 0 Å². The van der Waals surface area contributed by atoms with Gasteiger partial charge in [-0.05, 0) is 44.1 Å². The Labute approximate surface area is 204 Å². The van der Waals surface area contributed by atoms with E-state index in [0.717, 1.165) is 49.4 Å². The third kappa shape index (κ3) is 5.51. The number of carbonyl (C=O) groups is 1. The molecule has 3 aromatic rings. The van der Waals surface area contributed by atoms with Gasteiger partial charge in [0.05, 0.1) is 25.0 Å². The Balaban J connectivity index is 1.15.